The third-order valence-corrected chi connectivity index (χ3v) is 3.40. The second kappa shape index (κ2) is 3.46. The molecule has 1 heterocycles. The van der Waals surface area contributed by atoms with Crippen LogP contribution in [0.2, 0.25) is 0 Å². The van der Waals surface area contributed by atoms with Crippen molar-refractivity contribution >= 4 is 12.6 Å². The largest absolute Gasteiger partial charge is 0.460 e. The van der Waals surface area contributed by atoms with E-state index in [-0.39, 0.29) is 0 Å². The van der Waals surface area contributed by atoms with Crippen molar-refractivity contribution in [2.45, 2.75) is 24.2 Å². The van der Waals surface area contributed by atoms with E-state index in [0.29, 0.717) is 0 Å². The first-order valence-corrected chi connectivity index (χ1v) is 5.70. The summed E-state index contributed by atoms with van der Waals surface area (Å²) in [6, 6.07) is 10.2. The van der Waals surface area contributed by atoms with Gasteiger partial charge in [0.25, 0.3) is 0 Å². The molecule has 0 saturated carbocycles. The monoisotopic (exact) mass is 216 g/mol. The first kappa shape index (κ1) is 9.10. The van der Waals surface area contributed by atoms with Crippen LogP contribution in [0.3, 0.4) is 0 Å². The fraction of sp³-hybridized carbons (Fsp3) is 0.231. The van der Waals surface area contributed by atoms with Gasteiger partial charge in [0.15, 0.2) is 0 Å². The lowest BCUT2D eigenvalue weighted by Gasteiger charge is -1.98. The third kappa shape index (κ3) is 1.40. The molecule has 2 aromatic rings. The maximum Gasteiger partial charge on any atom is 0.147 e. The molecular formula is C13H12OS. The molecule has 0 unspecified atom stereocenters. The van der Waals surface area contributed by atoms with Gasteiger partial charge in [-0.2, -0.15) is 0 Å². The fourth-order valence-electron chi connectivity index (χ4n) is 2.17. The van der Waals surface area contributed by atoms with Crippen molar-refractivity contribution in [3.05, 3.63) is 41.7 Å². The molecule has 1 nitrogen and oxygen atoms in total. The number of aryl methyl sites for hydroxylation is 1. The van der Waals surface area contributed by atoms with Gasteiger partial charge in [-0.3, -0.25) is 0 Å². The molecule has 3 rings (SSSR count). The normalized spacial score (nSPS) is 14.2. The van der Waals surface area contributed by atoms with Crippen LogP contribution < -0.4 is 0 Å². The summed E-state index contributed by atoms with van der Waals surface area (Å²) < 4.78 is 5.87. The lowest BCUT2D eigenvalue weighted by molar-refractivity contribution is 0.525. The highest BCUT2D eigenvalue weighted by atomic mass is 32.1. The van der Waals surface area contributed by atoms with Gasteiger partial charge in [0.05, 0.1) is 4.90 Å². The Bertz CT molecular complexity index is 485. The third-order valence-electron chi connectivity index (χ3n) is 2.93. The summed E-state index contributed by atoms with van der Waals surface area (Å²) in [6.45, 7) is 0. The minimum Gasteiger partial charge on any atom is -0.460 e. The molecular weight excluding hydrogens is 204 g/mol. The van der Waals surface area contributed by atoms with Crippen LogP contribution in [0.1, 0.15) is 17.7 Å². The van der Waals surface area contributed by atoms with Crippen LogP contribution in [0.4, 0.5) is 0 Å². The van der Waals surface area contributed by atoms with E-state index < -0.39 is 0 Å². The molecule has 1 aliphatic carbocycles. The van der Waals surface area contributed by atoms with Crippen molar-refractivity contribution in [1.29, 1.82) is 0 Å². The van der Waals surface area contributed by atoms with E-state index in [1.165, 1.54) is 12.0 Å². The first-order valence-electron chi connectivity index (χ1n) is 5.25. The first-order chi connectivity index (χ1) is 7.36. The summed E-state index contributed by atoms with van der Waals surface area (Å²) >= 11 is 4.57. The van der Waals surface area contributed by atoms with Crippen molar-refractivity contribution in [1.82, 2.24) is 0 Å². The molecule has 0 bridgehead atoms. The van der Waals surface area contributed by atoms with Crippen molar-refractivity contribution in [2.24, 2.45) is 0 Å². The average molecular weight is 216 g/mol. The smallest absolute Gasteiger partial charge is 0.147 e. The van der Waals surface area contributed by atoms with Crippen LogP contribution in [0.5, 0.6) is 0 Å². The molecule has 1 aromatic heterocycles. The SMILES string of the molecule is Sc1c(-c2ccccc2)oc2c1CCC2. The average Bonchev–Trinajstić information content (AvgIpc) is 2.83. The number of thiol groups is 1. The quantitative estimate of drug-likeness (QED) is 0.717. The van der Waals surface area contributed by atoms with Gasteiger partial charge in [0.2, 0.25) is 0 Å². The topological polar surface area (TPSA) is 13.1 Å². The van der Waals surface area contributed by atoms with Gasteiger partial charge in [-0.1, -0.05) is 30.3 Å². The van der Waals surface area contributed by atoms with Crippen molar-refractivity contribution in [2.75, 3.05) is 0 Å². The van der Waals surface area contributed by atoms with E-state index in [1.807, 2.05) is 18.2 Å². The Morgan fingerprint density at radius 1 is 1.07 bits per heavy atom. The van der Waals surface area contributed by atoms with Crippen molar-refractivity contribution in [3.63, 3.8) is 0 Å². The Balaban J connectivity index is 2.14. The second-order valence-corrected chi connectivity index (χ2v) is 4.35. The van der Waals surface area contributed by atoms with E-state index in [4.69, 9.17) is 4.42 Å². The summed E-state index contributed by atoms with van der Waals surface area (Å²) in [7, 11) is 0. The summed E-state index contributed by atoms with van der Waals surface area (Å²) in [6.07, 6.45) is 3.39. The number of fused-ring (bicyclic) bond motifs is 1. The van der Waals surface area contributed by atoms with E-state index in [1.54, 1.807) is 0 Å². The van der Waals surface area contributed by atoms with Crippen LogP contribution in [-0.2, 0) is 12.8 Å². The number of rotatable bonds is 1. The second-order valence-electron chi connectivity index (χ2n) is 3.90. The number of hydrogen-bond acceptors (Lipinski definition) is 2. The molecule has 15 heavy (non-hydrogen) atoms. The molecule has 1 aromatic carbocycles. The van der Waals surface area contributed by atoms with Gasteiger partial charge < -0.3 is 4.42 Å². The van der Waals surface area contributed by atoms with Gasteiger partial charge >= 0.3 is 0 Å². The van der Waals surface area contributed by atoms with Gasteiger partial charge in [-0.05, 0) is 12.8 Å². The molecule has 0 N–H and O–H groups in total. The van der Waals surface area contributed by atoms with Gasteiger partial charge in [-0.25, -0.2) is 0 Å². The maximum atomic E-state index is 5.87. The number of benzene rings is 1. The molecule has 0 spiro atoms. The van der Waals surface area contributed by atoms with Gasteiger partial charge in [-0.15, -0.1) is 12.6 Å². The van der Waals surface area contributed by atoms with Crippen molar-refractivity contribution in [3.8, 4) is 11.3 Å². The van der Waals surface area contributed by atoms with Crippen LogP contribution in [0.25, 0.3) is 11.3 Å². The summed E-state index contributed by atoms with van der Waals surface area (Å²) in [5.41, 5.74) is 2.44. The van der Waals surface area contributed by atoms with E-state index in [2.05, 4.69) is 24.8 Å². The molecule has 0 aliphatic heterocycles. The standard InChI is InChI=1S/C13H12OS/c15-13-10-7-4-8-11(10)14-12(13)9-5-2-1-3-6-9/h1-3,5-6,15H,4,7-8H2. The highest BCUT2D eigenvalue weighted by Gasteiger charge is 2.22. The lowest BCUT2D eigenvalue weighted by Crippen LogP contribution is -1.78. The summed E-state index contributed by atoms with van der Waals surface area (Å²) in [4.78, 5) is 1.04. The molecule has 0 fully saturated rings. The van der Waals surface area contributed by atoms with Crippen LogP contribution in [-0.4, -0.2) is 0 Å². The highest BCUT2D eigenvalue weighted by Crippen LogP contribution is 2.38. The van der Waals surface area contributed by atoms with Crippen molar-refractivity contribution < 1.29 is 4.42 Å². The Hall–Kier alpha value is -1.15. The highest BCUT2D eigenvalue weighted by molar-refractivity contribution is 7.80. The van der Waals surface area contributed by atoms with E-state index >= 15 is 0 Å². The summed E-state index contributed by atoms with van der Waals surface area (Å²) in [5, 5.41) is 0. The van der Waals surface area contributed by atoms with E-state index in [9.17, 15) is 0 Å². The van der Waals surface area contributed by atoms with Gasteiger partial charge in [0.1, 0.15) is 11.5 Å². The Morgan fingerprint density at radius 3 is 2.60 bits per heavy atom. The van der Waals surface area contributed by atoms with Gasteiger partial charge in [0, 0.05) is 17.5 Å². The Kier molecular flexibility index (Phi) is 2.10. The molecule has 2 heteroatoms. The predicted molar refractivity (Wildman–Crippen MR) is 63.4 cm³/mol. The van der Waals surface area contributed by atoms with Crippen LogP contribution >= 0.6 is 12.6 Å². The summed E-state index contributed by atoms with van der Waals surface area (Å²) in [5.74, 6) is 2.07. The Morgan fingerprint density at radius 2 is 1.87 bits per heavy atom. The zero-order valence-corrected chi connectivity index (χ0v) is 9.26. The fourth-order valence-corrected chi connectivity index (χ4v) is 2.58. The number of hydrogen-bond donors (Lipinski definition) is 1. The van der Waals surface area contributed by atoms with E-state index in [0.717, 1.165) is 34.8 Å². The zero-order valence-electron chi connectivity index (χ0n) is 8.36. The molecule has 76 valence electrons. The minimum atomic E-state index is 0.934. The molecule has 0 atom stereocenters. The Labute approximate surface area is 94.5 Å². The van der Waals surface area contributed by atoms with Crippen LogP contribution in [0.15, 0.2) is 39.6 Å². The molecule has 1 aliphatic rings. The minimum absolute atomic E-state index is 0.934. The molecule has 0 radical (unpaired) electrons. The predicted octanol–water partition coefficient (Wildman–Crippen LogP) is 3.72. The lowest BCUT2D eigenvalue weighted by atomic mass is 10.1. The zero-order chi connectivity index (χ0) is 10.3. The molecule has 0 saturated heterocycles. The number of furan rings is 1. The maximum absolute atomic E-state index is 5.87. The molecule has 0 amide bonds. The van der Waals surface area contributed by atoms with Crippen LogP contribution in [0, 0.1) is 0 Å².